The molecule has 2 unspecified atom stereocenters. The molecular formula is C13H17FN2O3. The highest BCUT2D eigenvalue weighted by Gasteiger charge is 2.23. The van der Waals surface area contributed by atoms with Crippen molar-refractivity contribution in [3.8, 4) is 0 Å². The summed E-state index contributed by atoms with van der Waals surface area (Å²) < 4.78 is 19.1. The predicted molar refractivity (Wildman–Crippen MR) is 69.8 cm³/mol. The highest BCUT2D eigenvalue weighted by Crippen LogP contribution is 2.25. The zero-order valence-electron chi connectivity index (χ0n) is 10.6. The summed E-state index contributed by atoms with van der Waals surface area (Å²) in [6.07, 6.45) is 0.913. The Kier molecular flexibility index (Phi) is 3.90. The molecule has 0 spiro atoms. The minimum atomic E-state index is -1.17. The van der Waals surface area contributed by atoms with Crippen molar-refractivity contribution in [3.05, 3.63) is 23.5 Å². The van der Waals surface area contributed by atoms with Gasteiger partial charge in [0.2, 0.25) is 0 Å². The van der Waals surface area contributed by atoms with Gasteiger partial charge in [0, 0.05) is 24.3 Å². The van der Waals surface area contributed by atoms with Crippen molar-refractivity contribution in [3.63, 3.8) is 0 Å². The summed E-state index contributed by atoms with van der Waals surface area (Å²) in [6.45, 7) is 3.27. The molecule has 5 nitrogen and oxygen atoms in total. The maximum absolute atomic E-state index is 13.8. The van der Waals surface area contributed by atoms with Gasteiger partial charge in [-0.05, 0) is 25.5 Å². The molecule has 104 valence electrons. The number of carboxylic acids is 1. The molecule has 1 aliphatic heterocycles. The van der Waals surface area contributed by atoms with E-state index in [9.17, 15) is 9.18 Å². The number of hydrogen-bond acceptors (Lipinski definition) is 4. The number of benzene rings is 1. The average molecular weight is 268 g/mol. The second-order valence-corrected chi connectivity index (χ2v) is 4.78. The third-order valence-electron chi connectivity index (χ3n) is 3.42. The van der Waals surface area contributed by atoms with Gasteiger partial charge in [0.15, 0.2) is 0 Å². The Morgan fingerprint density at radius 2 is 2.37 bits per heavy atom. The van der Waals surface area contributed by atoms with Crippen LogP contribution >= 0.6 is 0 Å². The number of rotatable bonds is 4. The number of nitrogen functional groups attached to an aromatic ring is 1. The molecule has 1 saturated heterocycles. The summed E-state index contributed by atoms with van der Waals surface area (Å²) in [5, 5.41) is 12.0. The molecule has 0 amide bonds. The smallest absolute Gasteiger partial charge is 0.337 e. The lowest BCUT2D eigenvalue weighted by Gasteiger charge is -2.21. The summed E-state index contributed by atoms with van der Waals surface area (Å²) >= 11 is 0. The molecule has 1 aliphatic rings. The number of nitrogens with one attached hydrogen (secondary N) is 1. The summed E-state index contributed by atoms with van der Waals surface area (Å²) in [5.41, 5.74) is 5.46. The largest absolute Gasteiger partial charge is 0.478 e. The van der Waals surface area contributed by atoms with Crippen LogP contribution in [0.1, 0.15) is 23.7 Å². The van der Waals surface area contributed by atoms with Gasteiger partial charge in [0.1, 0.15) is 5.82 Å². The van der Waals surface area contributed by atoms with E-state index >= 15 is 0 Å². The van der Waals surface area contributed by atoms with Crippen molar-refractivity contribution in [1.82, 2.24) is 0 Å². The van der Waals surface area contributed by atoms with Crippen molar-refractivity contribution in [1.29, 1.82) is 0 Å². The molecule has 0 saturated carbocycles. The fourth-order valence-electron chi connectivity index (χ4n) is 2.19. The van der Waals surface area contributed by atoms with E-state index < -0.39 is 11.8 Å². The van der Waals surface area contributed by atoms with Crippen LogP contribution in [0.15, 0.2) is 12.1 Å². The van der Waals surface area contributed by atoms with Gasteiger partial charge in [-0.2, -0.15) is 0 Å². The molecule has 0 aromatic heterocycles. The minimum absolute atomic E-state index is 0.00210. The standard InChI is InChI=1S/C13H17FN2O3/c1-7(8-2-3-19-6-8)16-12-4-9(13(17)18)11(15)5-10(12)14/h4-5,7-8,16H,2-3,6,15H2,1H3,(H,17,18). The lowest BCUT2D eigenvalue weighted by molar-refractivity contribution is 0.0698. The van der Waals surface area contributed by atoms with Gasteiger partial charge in [-0.1, -0.05) is 0 Å². The van der Waals surface area contributed by atoms with E-state index in [2.05, 4.69) is 5.32 Å². The number of halogens is 1. The van der Waals surface area contributed by atoms with Gasteiger partial charge in [-0.3, -0.25) is 0 Å². The van der Waals surface area contributed by atoms with Gasteiger partial charge in [-0.15, -0.1) is 0 Å². The van der Waals surface area contributed by atoms with E-state index in [1.807, 2.05) is 6.92 Å². The molecule has 2 rings (SSSR count). The first-order chi connectivity index (χ1) is 8.99. The predicted octanol–water partition coefficient (Wildman–Crippen LogP) is 1.94. The molecule has 0 aliphatic carbocycles. The molecular weight excluding hydrogens is 251 g/mol. The highest BCUT2D eigenvalue weighted by atomic mass is 19.1. The first kappa shape index (κ1) is 13.6. The Morgan fingerprint density at radius 3 is 2.95 bits per heavy atom. The van der Waals surface area contributed by atoms with E-state index in [1.54, 1.807) is 0 Å². The molecule has 0 radical (unpaired) electrons. The Balaban J connectivity index is 2.19. The van der Waals surface area contributed by atoms with Crippen LogP contribution in [0.3, 0.4) is 0 Å². The van der Waals surface area contributed by atoms with Gasteiger partial charge >= 0.3 is 5.97 Å². The number of hydrogen-bond donors (Lipinski definition) is 3. The number of ether oxygens (including phenoxy) is 1. The van der Waals surface area contributed by atoms with Crippen molar-refractivity contribution >= 4 is 17.3 Å². The van der Waals surface area contributed by atoms with Gasteiger partial charge < -0.3 is 20.9 Å². The van der Waals surface area contributed by atoms with E-state index in [4.69, 9.17) is 15.6 Å². The van der Waals surface area contributed by atoms with Gasteiger partial charge in [-0.25, -0.2) is 9.18 Å². The highest BCUT2D eigenvalue weighted by molar-refractivity contribution is 5.94. The summed E-state index contributed by atoms with van der Waals surface area (Å²) in [4.78, 5) is 11.0. The van der Waals surface area contributed by atoms with E-state index in [0.29, 0.717) is 19.1 Å². The molecule has 1 aromatic rings. The van der Waals surface area contributed by atoms with Crippen LogP contribution in [0.4, 0.5) is 15.8 Å². The topological polar surface area (TPSA) is 84.6 Å². The molecule has 1 fully saturated rings. The van der Waals surface area contributed by atoms with Gasteiger partial charge in [0.25, 0.3) is 0 Å². The monoisotopic (exact) mass is 268 g/mol. The molecule has 0 bridgehead atoms. The molecule has 6 heteroatoms. The Hall–Kier alpha value is -1.82. The quantitative estimate of drug-likeness (QED) is 0.727. The molecule has 2 atom stereocenters. The first-order valence-electron chi connectivity index (χ1n) is 6.15. The van der Waals surface area contributed by atoms with E-state index in [-0.39, 0.29) is 23.0 Å². The van der Waals surface area contributed by atoms with E-state index in [1.165, 1.54) is 6.07 Å². The summed E-state index contributed by atoms with van der Waals surface area (Å²) in [6, 6.07) is 2.27. The Labute approximate surface area is 110 Å². The molecule has 1 aromatic carbocycles. The van der Waals surface area contributed by atoms with Crippen molar-refractivity contribution in [2.24, 2.45) is 5.92 Å². The number of anilines is 2. The Morgan fingerprint density at radius 1 is 1.63 bits per heavy atom. The second-order valence-electron chi connectivity index (χ2n) is 4.78. The number of carbonyl (C=O) groups is 1. The minimum Gasteiger partial charge on any atom is -0.478 e. The second kappa shape index (κ2) is 5.44. The van der Waals surface area contributed by atoms with Crippen LogP contribution in [0.2, 0.25) is 0 Å². The van der Waals surface area contributed by atoms with Crippen molar-refractivity contribution in [2.45, 2.75) is 19.4 Å². The van der Waals surface area contributed by atoms with Gasteiger partial charge in [0.05, 0.1) is 17.9 Å². The zero-order chi connectivity index (χ0) is 14.0. The maximum Gasteiger partial charge on any atom is 0.337 e. The molecule has 4 N–H and O–H groups in total. The first-order valence-corrected chi connectivity index (χ1v) is 6.15. The van der Waals surface area contributed by atoms with Crippen molar-refractivity contribution < 1.29 is 19.0 Å². The lowest BCUT2D eigenvalue weighted by atomic mass is 10.00. The Bertz CT molecular complexity index is 487. The number of aromatic carboxylic acids is 1. The lowest BCUT2D eigenvalue weighted by Crippen LogP contribution is -2.26. The van der Waals surface area contributed by atoms with Crippen LogP contribution < -0.4 is 11.1 Å². The number of carboxylic acid groups (broad SMARTS) is 1. The van der Waals surface area contributed by atoms with Crippen LogP contribution in [-0.2, 0) is 4.74 Å². The zero-order valence-corrected chi connectivity index (χ0v) is 10.6. The van der Waals surface area contributed by atoms with E-state index in [0.717, 1.165) is 12.5 Å². The SMILES string of the molecule is CC(Nc1cc(C(=O)O)c(N)cc1F)C1CCOC1. The van der Waals surface area contributed by atoms with Crippen LogP contribution in [-0.4, -0.2) is 30.3 Å². The van der Waals surface area contributed by atoms with Crippen LogP contribution in [0, 0.1) is 11.7 Å². The summed E-state index contributed by atoms with van der Waals surface area (Å²) in [5.74, 6) is -1.42. The fourth-order valence-corrected chi connectivity index (χ4v) is 2.19. The normalized spacial score (nSPS) is 20.2. The average Bonchev–Trinajstić information content (AvgIpc) is 2.85. The van der Waals surface area contributed by atoms with Crippen molar-refractivity contribution in [2.75, 3.05) is 24.3 Å². The molecule has 1 heterocycles. The number of nitrogens with two attached hydrogens (primary N) is 1. The third kappa shape index (κ3) is 2.96. The third-order valence-corrected chi connectivity index (χ3v) is 3.42. The summed E-state index contributed by atoms with van der Waals surface area (Å²) in [7, 11) is 0. The van der Waals surface area contributed by atoms with Crippen LogP contribution in [0.5, 0.6) is 0 Å². The maximum atomic E-state index is 13.8. The molecule has 19 heavy (non-hydrogen) atoms. The van der Waals surface area contributed by atoms with Crippen LogP contribution in [0.25, 0.3) is 0 Å². The fraction of sp³-hybridized carbons (Fsp3) is 0.462.